The largest absolute Gasteiger partial charge is 0.352 e. The average Bonchev–Trinajstić information content (AvgIpc) is 3.27. The molecule has 2 saturated carbocycles. The highest BCUT2D eigenvalue weighted by Crippen LogP contribution is 2.40. The summed E-state index contributed by atoms with van der Waals surface area (Å²) in [5.41, 5.74) is 5.44. The number of aromatic nitrogens is 1. The van der Waals surface area contributed by atoms with E-state index in [4.69, 9.17) is 5.73 Å². The molecule has 6 nitrogen and oxygen atoms in total. The smallest absolute Gasteiger partial charge is 0.313 e. The minimum Gasteiger partial charge on any atom is -0.352 e. The van der Waals surface area contributed by atoms with Gasteiger partial charge in [0, 0.05) is 11.3 Å². The molecule has 7 heteroatoms. The van der Waals surface area contributed by atoms with Gasteiger partial charge in [-0.2, -0.15) is 0 Å². The number of urea groups is 1. The van der Waals surface area contributed by atoms with Crippen molar-refractivity contribution in [3.05, 3.63) is 16.1 Å². The Bertz CT molecular complexity index is 520. The van der Waals surface area contributed by atoms with E-state index >= 15 is 0 Å². The first-order valence-corrected chi connectivity index (χ1v) is 7.27. The number of rotatable bonds is 5. The fourth-order valence-electron chi connectivity index (χ4n) is 2.07. The Morgan fingerprint density at radius 1 is 1.47 bits per heavy atom. The Balaban J connectivity index is 1.53. The third-order valence-corrected chi connectivity index (χ3v) is 4.38. The predicted octanol–water partition coefficient (Wildman–Crippen LogP) is 0.838. The number of hydrogen-bond donors (Lipinski definition) is 3. The normalized spacial score (nSPS) is 19.8. The van der Waals surface area contributed by atoms with Gasteiger partial charge < -0.3 is 16.4 Å². The maximum Gasteiger partial charge on any atom is 0.313 e. The Kier molecular flexibility index (Phi) is 2.93. The average molecular weight is 280 g/mol. The summed E-state index contributed by atoms with van der Waals surface area (Å²) in [5.74, 6) is 0.460. The molecule has 3 rings (SSSR count). The number of thiazole rings is 1. The summed E-state index contributed by atoms with van der Waals surface area (Å²) in [7, 11) is 0. The lowest BCUT2D eigenvalue weighted by molar-refractivity contribution is -0.124. The second kappa shape index (κ2) is 4.48. The molecule has 19 heavy (non-hydrogen) atoms. The van der Waals surface area contributed by atoms with Crippen LogP contribution in [0.15, 0.2) is 5.38 Å². The van der Waals surface area contributed by atoms with E-state index in [0.29, 0.717) is 25.3 Å². The van der Waals surface area contributed by atoms with Crippen LogP contribution in [0.1, 0.15) is 42.3 Å². The van der Waals surface area contributed by atoms with Gasteiger partial charge in [0.15, 0.2) is 0 Å². The van der Waals surface area contributed by atoms with Gasteiger partial charge in [-0.3, -0.25) is 4.79 Å². The van der Waals surface area contributed by atoms with Gasteiger partial charge in [-0.05, 0) is 25.7 Å². The van der Waals surface area contributed by atoms with Gasteiger partial charge in [0.05, 0.1) is 12.2 Å². The molecule has 0 spiro atoms. The van der Waals surface area contributed by atoms with Gasteiger partial charge in [0.25, 0.3) is 0 Å². The predicted molar refractivity (Wildman–Crippen MR) is 70.6 cm³/mol. The third-order valence-electron chi connectivity index (χ3n) is 3.51. The zero-order valence-corrected chi connectivity index (χ0v) is 11.3. The van der Waals surface area contributed by atoms with Crippen LogP contribution < -0.4 is 16.4 Å². The van der Waals surface area contributed by atoms with Crippen LogP contribution in [-0.4, -0.2) is 22.5 Å². The SMILES string of the molecule is NC(=O)NC1(C(=O)NCc2nc(C3CC3)cs2)CC1. The van der Waals surface area contributed by atoms with Crippen molar-refractivity contribution in [1.82, 2.24) is 15.6 Å². The van der Waals surface area contributed by atoms with Gasteiger partial charge in [-0.1, -0.05) is 0 Å². The van der Waals surface area contributed by atoms with Crippen molar-refractivity contribution in [2.24, 2.45) is 5.73 Å². The second-order valence-electron chi connectivity index (χ2n) is 5.19. The fraction of sp³-hybridized carbons (Fsp3) is 0.583. The van der Waals surface area contributed by atoms with E-state index in [-0.39, 0.29) is 5.91 Å². The van der Waals surface area contributed by atoms with E-state index in [1.165, 1.54) is 12.8 Å². The summed E-state index contributed by atoms with van der Waals surface area (Å²) in [5, 5.41) is 8.30. The van der Waals surface area contributed by atoms with E-state index in [1.807, 2.05) is 0 Å². The van der Waals surface area contributed by atoms with E-state index < -0.39 is 11.6 Å². The first-order valence-electron chi connectivity index (χ1n) is 6.39. The van der Waals surface area contributed by atoms with Gasteiger partial charge in [-0.25, -0.2) is 9.78 Å². The van der Waals surface area contributed by atoms with Crippen LogP contribution in [-0.2, 0) is 11.3 Å². The van der Waals surface area contributed by atoms with Crippen molar-refractivity contribution in [3.63, 3.8) is 0 Å². The van der Waals surface area contributed by atoms with Crippen molar-refractivity contribution < 1.29 is 9.59 Å². The van der Waals surface area contributed by atoms with Crippen LogP contribution in [0.2, 0.25) is 0 Å². The molecule has 3 amide bonds. The summed E-state index contributed by atoms with van der Waals surface area (Å²) in [4.78, 5) is 27.3. The maximum atomic E-state index is 12.0. The highest BCUT2D eigenvalue weighted by Gasteiger charge is 2.50. The molecule has 0 unspecified atom stereocenters. The van der Waals surface area contributed by atoms with Crippen LogP contribution >= 0.6 is 11.3 Å². The van der Waals surface area contributed by atoms with E-state index in [2.05, 4.69) is 21.0 Å². The van der Waals surface area contributed by atoms with E-state index in [1.54, 1.807) is 11.3 Å². The van der Waals surface area contributed by atoms with Crippen LogP contribution in [0.5, 0.6) is 0 Å². The van der Waals surface area contributed by atoms with Crippen LogP contribution in [0.25, 0.3) is 0 Å². The molecule has 102 valence electrons. The number of carbonyl (C=O) groups excluding carboxylic acids is 2. The quantitative estimate of drug-likeness (QED) is 0.745. The lowest BCUT2D eigenvalue weighted by Crippen LogP contribution is -2.50. The molecular weight excluding hydrogens is 264 g/mol. The molecule has 4 N–H and O–H groups in total. The number of primary amides is 1. The summed E-state index contributed by atoms with van der Waals surface area (Å²) in [6, 6.07) is -0.655. The molecule has 0 bridgehead atoms. The molecule has 1 aromatic rings. The molecule has 0 saturated heterocycles. The fourth-order valence-corrected chi connectivity index (χ4v) is 2.88. The van der Waals surface area contributed by atoms with Crippen LogP contribution in [0, 0.1) is 0 Å². The highest BCUT2D eigenvalue weighted by atomic mass is 32.1. The van der Waals surface area contributed by atoms with Crippen molar-refractivity contribution >= 4 is 23.3 Å². The molecule has 1 heterocycles. The third kappa shape index (κ3) is 2.70. The molecule has 0 aliphatic heterocycles. The number of nitrogens with one attached hydrogen (secondary N) is 2. The Morgan fingerprint density at radius 2 is 2.21 bits per heavy atom. The lowest BCUT2D eigenvalue weighted by atomic mass is 10.2. The van der Waals surface area contributed by atoms with Crippen molar-refractivity contribution in [2.75, 3.05) is 0 Å². The molecule has 2 aliphatic rings. The molecule has 0 radical (unpaired) electrons. The lowest BCUT2D eigenvalue weighted by Gasteiger charge is -2.14. The van der Waals surface area contributed by atoms with Gasteiger partial charge in [-0.15, -0.1) is 11.3 Å². The molecule has 0 aromatic carbocycles. The van der Waals surface area contributed by atoms with Crippen LogP contribution in [0.3, 0.4) is 0 Å². The highest BCUT2D eigenvalue weighted by molar-refractivity contribution is 7.09. The Hall–Kier alpha value is -1.63. The summed E-state index contributed by atoms with van der Waals surface area (Å²) < 4.78 is 0. The number of nitrogens with zero attached hydrogens (tertiary/aromatic N) is 1. The second-order valence-corrected chi connectivity index (χ2v) is 6.14. The van der Waals surface area contributed by atoms with E-state index in [0.717, 1.165) is 10.7 Å². The number of carbonyl (C=O) groups is 2. The first-order chi connectivity index (χ1) is 9.09. The molecule has 1 aromatic heterocycles. The van der Waals surface area contributed by atoms with Gasteiger partial charge in [0.1, 0.15) is 10.5 Å². The maximum absolute atomic E-state index is 12.0. The van der Waals surface area contributed by atoms with Gasteiger partial charge in [0.2, 0.25) is 5.91 Å². The van der Waals surface area contributed by atoms with Crippen molar-refractivity contribution in [1.29, 1.82) is 0 Å². The number of amides is 3. The topological polar surface area (TPSA) is 97.1 Å². The number of hydrogen-bond acceptors (Lipinski definition) is 4. The molecule has 2 aliphatic carbocycles. The van der Waals surface area contributed by atoms with Crippen LogP contribution in [0.4, 0.5) is 4.79 Å². The molecular formula is C12H16N4O2S. The molecule has 0 atom stereocenters. The monoisotopic (exact) mass is 280 g/mol. The minimum atomic E-state index is -0.775. The van der Waals surface area contributed by atoms with Crippen molar-refractivity contribution in [3.8, 4) is 0 Å². The minimum absolute atomic E-state index is 0.172. The number of nitrogens with two attached hydrogens (primary N) is 1. The van der Waals surface area contributed by atoms with E-state index in [9.17, 15) is 9.59 Å². The Morgan fingerprint density at radius 3 is 2.79 bits per heavy atom. The first kappa shape index (κ1) is 12.4. The summed E-state index contributed by atoms with van der Waals surface area (Å²) in [6.07, 6.45) is 3.74. The summed E-state index contributed by atoms with van der Waals surface area (Å²) >= 11 is 1.57. The summed E-state index contributed by atoms with van der Waals surface area (Å²) in [6.45, 7) is 0.415. The Labute approximate surface area is 114 Å². The van der Waals surface area contributed by atoms with Gasteiger partial charge >= 0.3 is 6.03 Å². The standard InChI is InChI=1S/C12H16N4O2S/c13-11(18)16-12(3-4-12)10(17)14-5-9-15-8(6-19-9)7-1-2-7/h6-7H,1-5H2,(H,14,17)(H3,13,16,18). The molecule has 2 fully saturated rings. The van der Waals surface area contributed by atoms with Crippen molar-refractivity contribution in [2.45, 2.75) is 43.7 Å². The zero-order chi connectivity index (χ0) is 13.5. The zero-order valence-electron chi connectivity index (χ0n) is 10.4.